The average molecular weight is 177 g/mol. The van der Waals surface area contributed by atoms with Crippen molar-refractivity contribution in [1.82, 2.24) is 4.90 Å². The molecule has 0 aromatic carbocycles. The third-order valence-corrected chi connectivity index (χ3v) is 2.15. The van der Waals surface area contributed by atoms with Gasteiger partial charge in [-0.1, -0.05) is 6.92 Å². The van der Waals surface area contributed by atoms with Gasteiger partial charge >= 0.3 is 0 Å². The number of alkyl halides is 2. The van der Waals surface area contributed by atoms with E-state index in [9.17, 15) is 8.78 Å². The topological polar surface area (TPSA) is 3.24 Å². The Kier molecular flexibility index (Phi) is 3.92. The first-order valence-electron chi connectivity index (χ1n) is 4.73. The van der Waals surface area contributed by atoms with Crippen LogP contribution in [0, 0.1) is 5.92 Å². The van der Waals surface area contributed by atoms with E-state index in [1.165, 1.54) is 12.8 Å². The molecule has 3 heteroatoms. The highest BCUT2D eigenvalue weighted by Gasteiger charge is 2.24. The van der Waals surface area contributed by atoms with Gasteiger partial charge in [0.25, 0.3) is 6.43 Å². The summed E-state index contributed by atoms with van der Waals surface area (Å²) in [6, 6.07) is 0. The molecule has 0 aromatic heterocycles. The Morgan fingerprint density at radius 1 is 1.42 bits per heavy atom. The van der Waals surface area contributed by atoms with Crippen LogP contribution in [0.5, 0.6) is 0 Å². The fraction of sp³-hybridized carbons (Fsp3) is 1.00. The van der Waals surface area contributed by atoms with Crippen molar-refractivity contribution < 1.29 is 8.78 Å². The summed E-state index contributed by atoms with van der Waals surface area (Å²) in [5.74, 6) is 0.718. The first-order chi connectivity index (χ1) is 5.72. The molecule has 0 aromatic rings. The van der Waals surface area contributed by atoms with Gasteiger partial charge in [0.15, 0.2) is 0 Å². The summed E-state index contributed by atoms with van der Waals surface area (Å²) in [5, 5.41) is 0. The van der Waals surface area contributed by atoms with Crippen molar-refractivity contribution in [3.63, 3.8) is 0 Å². The molecule has 1 rings (SSSR count). The van der Waals surface area contributed by atoms with Gasteiger partial charge in [-0.3, -0.25) is 4.90 Å². The van der Waals surface area contributed by atoms with Crippen molar-refractivity contribution in [2.45, 2.75) is 32.6 Å². The standard InChI is InChI=1S/C9H17F2N/c1-2-5-12(7-9(10)11)6-8-3-4-8/h8-9H,2-7H2,1H3. The fourth-order valence-corrected chi connectivity index (χ4v) is 1.43. The summed E-state index contributed by atoms with van der Waals surface area (Å²) in [5.41, 5.74) is 0. The third-order valence-electron chi connectivity index (χ3n) is 2.15. The maximum Gasteiger partial charge on any atom is 0.251 e. The largest absolute Gasteiger partial charge is 0.297 e. The average Bonchev–Trinajstić information content (AvgIpc) is 2.70. The van der Waals surface area contributed by atoms with Gasteiger partial charge in [0.2, 0.25) is 0 Å². The van der Waals surface area contributed by atoms with Crippen LogP contribution in [0.3, 0.4) is 0 Å². The molecule has 1 saturated carbocycles. The van der Waals surface area contributed by atoms with Crippen LogP contribution in [0.2, 0.25) is 0 Å². The zero-order valence-corrected chi connectivity index (χ0v) is 7.60. The molecule has 1 aliphatic rings. The molecule has 1 nitrogen and oxygen atoms in total. The van der Waals surface area contributed by atoms with E-state index in [-0.39, 0.29) is 6.54 Å². The van der Waals surface area contributed by atoms with Gasteiger partial charge in [-0.25, -0.2) is 8.78 Å². The van der Waals surface area contributed by atoms with Gasteiger partial charge in [0.1, 0.15) is 0 Å². The highest BCUT2D eigenvalue weighted by Crippen LogP contribution is 2.29. The summed E-state index contributed by atoms with van der Waals surface area (Å²) in [7, 11) is 0. The minimum absolute atomic E-state index is 0.0374. The lowest BCUT2D eigenvalue weighted by Crippen LogP contribution is -2.31. The lowest BCUT2D eigenvalue weighted by atomic mass is 10.3. The van der Waals surface area contributed by atoms with Crippen molar-refractivity contribution in [2.24, 2.45) is 5.92 Å². The van der Waals surface area contributed by atoms with Crippen LogP contribution < -0.4 is 0 Å². The van der Waals surface area contributed by atoms with Crippen molar-refractivity contribution >= 4 is 0 Å². The van der Waals surface area contributed by atoms with Crippen molar-refractivity contribution in [2.75, 3.05) is 19.6 Å². The second kappa shape index (κ2) is 4.75. The fourth-order valence-electron chi connectivity index (χ4n) is 1.43. The molecule has 0 unspecified atom stereocenters. The van der Waals surface area contributed by atoms with Crippen LogP contribution in [-0.4, -0.2) is 31.0 Å². The van der Waals surface area contributed by atoms with Gasteiger partial charge < -0.3 is 0 Å². The van der Waals surface area contributed by atoms with Gasteiger partial charge in [0, 0.05) is 6.54 Å². The Balaban J connectivity index is 2.16. The second-order valence-corrected chi connectivity index (χ2v) is 3.59. The zero-order valence-electron chi connectivity index (χ0n) is 7.60. The Bertz CT molecular complexity index is 120. The van der Waals surface area contributed by atoms with Gasteiger partial charge in [0.05, 0.1) is 6.54 Å². The maximum atomic E-state index is 12.0. The van der Waals surface area contributed by atoms with E-state index in [0.717, 1.165) is 25.4 Å². The molecule has 1 fully saturated rings. The second-order valence-electron chi connectivity index (χ2n) is 3.59. The van der Waals surface area contributed by atoms with E-state index < -0.39 is 6.43 Å². The number of hydrogen-bond donors (Lipinski definition) is 0. The molecule has 0 amide bonds. The lowest BCUT2D eigenvalue weighted by Gasteiger charge is -2.20. The minimum Gasteiger partial charge on any atom is -0.297 e. The number of nitrogens with zero attached hydrogens (tertiary/aromatic N) is 1. The van der Waals surface area contributed by atoms with E-state index in [4.69, 9.17) is 0 Å². The molecule has 0 bridgehead atoms. The van der Waals surface area contributed by atoms with Gasteiger partial charge in [-0.15, -0.1) is 0 Å². The summed E-state index contributed by atoms with van der Waals surface area (Å²) < 4.78 is 24.1. The summed E-state index contributed by atoms with van der Waals surface area (Å²) in [6.07, 6.45) is 1.28. The number of hydrogen-bond acceptors (Lipinski definition) is 1. The van der Waals surface area contributed by atoms with Crippen LogP contribution in [0.15, 0.2) is 0 Å². The van der Waals surface area contributed by atoms with Crippen molar-refractivity contribution in [3.05, 3.63) is 0 Å². The molecule has 0 aliphatic heterocycles. The SMILES string of the molecule is CCCN(CC(F)F)CC1CC1. The Morgan fingerprint density at radius 2 is 2.08 bits per heavy atom. The first-order valence-corrected chi connectivity index (χ1v) is 4.73. The van der Waals surface area contributed by atoms with Crippen LogP contribution in [-0.2, 0) is 0 Å². The lowest BCUT2D eigenvalue weighted by molar-refractivity contribution is 0.0859. The quantitative estimate of drug-likeness (QED) is 0.602. The monoisotopic (exact) mass is 177 g/mol. The van der Waals surface area contributed by atoms with Crippen LogP contribution in [0.1, 0.15) is 26.2 Å². The molecular weight excluding hydrogens is 160 g/mol. The van der Waals surface area contributed by atoms with Crippen LogP contribution in [0.4, 0.5) is 8.78 Å². The van der Waals surface area contributed by atoms with E-state index in [1.807, 2.05) is 11.8 Å². The molecular formula is C9H17F2N. The van der Waals surface area contributed by atoms with Crippen molar-refractivity contribution in [1.29, 1.82) is 0 Å². The van der Waals surface area contributed by atoms with E-state index in [0.29, 0.717) is 0 Å². The predicted octanol–water partition coefficient (Wildman–Crippen LogP) is 2.37. The summed E-state index contributed by atoms with van der Waals surface area (Å²) >= 11 is 0. The molecule has 72 valence electrons. The van der Waals surface area contributed by atoms with Crippen molar-refractivity contribution in [3.8, 4) is 0 Å². The molecule has 0 N–H and O–H groups in total. The normalized spacial score (nSPS) is 17.8. The molecule has 0 saturated heterocycles. The maximum absolute atomic E-state index is 12.0. The minimum atomic E-state index is -2.17. The molecule has 0 radical (unpaired) electrons. The van der Waals surface area contributed by atoms with E-state index in [1.54, 1.807) is 0 Å². The zero-order chi connectivity index (χ0) is 8.97. The molecule has 0 atom stereocenters. The molecule has 12 heavy (non-hydrogen) atoms. The summed E-state index contributed by atoms with van der Waals surface area (Å²) in [6.45, 7) is 3.70. The highest BCUT2D eigenvalue weighted by atomic mass is 19.3. The predicted molar refractivity (Wildman–Crippen MR) is 45.5 cm³/mol. The first kappa shape index (κ1) is 9.90. The highest BCUT2D eigenvalue weighted by molar-refractivity contribution is 4.77. The summed E-state index contributed by atoms with van der Waals surface area (Å²) in [4.78, 5) is 1.89. The molecule has 0 heterocycles. The Morgan fingerprint density at radius 3 is 2.50 bits per heavy atom. The molecule has 0 spiro atoms. The number of halogens is 2. The molecule has 1 aliphatic carbocycles. The van der Waals surface area contributed by atoms with Gasteiger partial charge in [-0.05, 0) is 31.7 Å². The van der Waals surface area contributed by atoms with E-state index in [2.05, 4.69) is 0 Å². The third kappa shape index (κ3) is 4.00. The number of rotatable bonds is 6. The van der Waals surface area contributed by atoms with Crippen LogP contribution >= 0.6 is 0 Å². The van der Waals surface area contributed by atoms with E-state index >= 15 is 0 Å². The Labute approximate surface area is 72.7 Å². The Hall–Kier alpha value is -0.180. The smallest absolute Gasteiger partial charge is 0.251 e. The van der Waals surface area contributed by atoms with Crippen LogP contribution in [0.25, 0.3) is 0 Å². The van der Waals surface area contributed by atoms with Gasteiger partial charge in [-0.2, -0.15) is 0 Å².